The van der Waals surface area contributed by atoms with Crippen LogP contribution in [0.25, 0.3) is 0 Å². The lowest BCUT2D eigenvalue weighted by Gasteiger charge is -2.24. The summed E-state index contributed by atoms with van der Waals surface area (Å²) < 4.78 is 77.9. The molecule has 1 aromatic carbocycles. The standard InChI is InChI=1S/C10H8ClF6NO/c11-6-1-2-7(5(3-6)4-18)19-8(9(12,13)14)10(15,16)17/h1-3,8H,4,18H2. The summed E-state index contributed by atoms with van der Waals surface area (Å²) in [5.74, 6) is -0.605. The van der Waals surface area contributed by atoms with Crippen LogP contribution >= 0.6 is 11.6 Å². The Hall–Kier alpha value is -1.15. The molecule has 0 aromatic heterocycles. The highest BCUT2D eigenvalue weighted by molar-refractivity contribution is 6.30. The van der Waals surface area contributed by atoms with E-state index >= 15 is 0 Å². The Balaban J connectivity index is 3.11. The van der Waals surface area contributed by atoms with Gasteiger partial charge in [-0.1, -0.05) is 11.6 Å². The molecule has 0 aliphatic heterocycles. The maximum atomic E-state index is 12.3. The fraction of sp³-hybridized carbons (Fsp3) is 0.400. The molecular weight excluding hydrogens is 300 g/mol. The van der Waals surface area contributed by atoms with Gasteiger partial charge in [-0.15, -0.1) is 0 Å². The molecule has 0 radical (unpaired) electrons. The molecule has 2 nitrogen and oxygen atoms in total. The molecule has 0 saturated carbocycles. The van der Waals surface area contributed by atoms with E-state index in [1.54, 1.807) is 0 Å². The Labute approximate surface area is 109 Å². The van der Waals surface area contributed by atoms with Gasteiger partial charge < -0.3 is 10.5 Å². The fourth-order valence-corrected chi connectivity index (χ4v) is 1.46. The van der Waals surface area contributed by atoms with Gasteiger partial charge in [0, 0.05) is 17.1 Å². The normalized spacial score (nSPS) is 12.9. The molecule has 0 bridgehead atoms. The number of benzene rings is 1. The molecule has 0 amide bonds. The van der Waals surface area contributed by atoms with Crippen molar-refractivity contribution in [1.82, 2.24) is 0 Å². The molecule has 19 heavy (non-hydrogen) atoms. The molecule has 9 heteroatoms. The lowest BCUT2D eigenvalue weighted by atomic mass is 10.2. The van der Waals surface area contributed by atoms with E-state index in [0.717, 1.165) is 18.2 Å². The number of alkyl halides is 6. The molecule has 0 aliphatic carbocycles. The summed E-state index contributed by atoms with van der Waals surface area (Å²) in [6.45, 7) is -0.307. The van der Waals surface area contributed by atoms with Gasteiger partial charge >= 0.3 is 12.4 Å². The highest BCUT2D eigenvalue weighted by Gasteiger charge is 2.59. The topological polar surface area (TPSA) is 35.2 Å². The monoisotopic (exact) mass is 307 g/mol. The first-order chi connectivity index (χ1) is 8.55. The predicted octanol–water partition coefficient (Wildman–Crippen LogP) is 3.67. The largest absolute Gasteiger partial charge is 0.471 e. The zero-order chi connectivity index (χ0) is 14.8. The van der Waals surface area contributed by atoms with Crippen molar-refractivity contribution in [3.8, 4) is 5.75 Å². The van der Waals surface area contributed by atoms with Crippen LogP contribution in [0.4, 0.5) is 26.3 Å². The predicted molar refractivity (Wildman–Crippen MR) is 55.9 cm³/mol. The second kappa shape index (κ2) is 5.46. The third-order valence-corrected chi connectivity index (χ3v) is 2.32. The van der Waals surface area contributed by atoms with E-state index in [1.165, 1.54) is 0 Å². The van der Waals surface area contributed by atoms with Crippen molar-refractivity contribution < 1.29 is 31.1 Å². The number of ether oxygens (including phenoxy) is 1. The first kappa shape index (κ1) is 15.9. The van der Waals surface area contributed by atoms with E-state index in [4.69, 9.17) is 17.3 Å². The molecule has 0 saturated heterocycles. The average Bonchev–Trinajstić information content (AvgIpc) is 2.23. The van der Waals surface area contributed by atoms with E-state index in [9.17, 15) is 26.3 Å². The van der Waals surface area contributed by atoms with Gasteiger partial charge in [0.25, 0.3) is 6.10 Å². The van der Waals surface area contributed by atoms with E-state index in [-0.39, 0.29) is 17.1 Å². The number of rotatable bonds is 3. The first-order valence-corrected chi connectivity index (χ1v) is 5.22. The number of nitrogens with two attached hydrogens (primary N) is 1. The van der Waals surface area contributed by atoms with Gasteiger partial charge in [0.1, 0.15) is 5.75 Å². The molecule has 2 N–H and O–H groups in total. The van der Waals surface area contributed by atoms with Gasteiger partial charge in [-0.2, -0.15) is 26.3 Å². The molecule has 108 valence electrons. The Morgan fingerprint density at radius 1 is 1.11 bits per heavy atom. The first-order valence-electron chi connectivity index (χ1n) is 4.84. The van der Waals surface area contributed by atoms with E-state index in [0.29, 0.717) is 0 Å². The third kappa shape index (κ3) is 4.17. The minimum Gasteiger partial charge on any atom is -0.471 e. The second-order valence-corrected chi connectivity index (χ2v) is 3.97. The van der Waals surface area contributed by atoms with Gasteiger partial charge in [-0.05, 0) is 18.2 Å². The lowest BCUT2D eigenvalue weighted by Crippen LogP contribution is -2.46. The quantitative estimate of drug-likeness (QED) is 0.865. The Morgan fingerprint density at radius 3 is 2.05 bits per heavy atom. The fourth-order valence-electron chi connectivity index (χ4n) is 1.27. The molecule has 0 unspecified atom stereocenters. The Bertz CT molecular complexity index is 431. The van der Waals surface area contributed by atoms with Gasteiger partial charge in [-0.25, -0.2) is 0 Å². The zero-order valence-electron chi connectivity index (χ0n) is 9.15. The van der Waals surface area contributed by atoms with Gasteiger partial charge in [0.15, 0.2) is 0 Å². The van der Waals surface area contributed by atoms with Crippen LogP contribution in [0.1, 0.15) is 5.56 Å². The summed E-state index contributed by atoms with van der Waals surface area (Å²) in [5.41, 5.74) is 5.16. The summed E-state index contributed by atoms with van der Waals surface area (Å²) in [7, 11) is 0. The summed E-state index contributed by atoms with van der Waals surface area (Å²) in [5, 5.41) is 0.128. The highest BCUT2D eigenvalue weighted by Crippen LogP contribution is 2.37. The molecule has 0 spiro atoms. The van der Waals surface area contributed by atoms with Crippen LogP contribution in [0, 0.1) is 0 Å². The zero-order valence-corrected chi connectivity index (χ0v) is 9.90. The molecule has 0 heterocycles. The third-order valence-electron chi connectivity index (χ3n) is 2.08. The SMILES string of the molecule is NCc1cc(Cl)ccc1OC(C(F)(F)F)C(F)(F)F. The van der Waals surface area contributed by atoms with Crippen molar-refractivity contribution in [2.24, 2.45) is 5.73 Å². The van der Waals surface area contributed by atoms with Crippen molar-refractivity contribution >= 4 is 11.6 Å². The molecular formula is C10H8ClF6NO. The minimum absolute atomic E-state index is 0.0500. The number of hydrogen-bond acceptors (Lipinski definition) is 2. The summed E-state index contributed by atoms with van der Waals surface area (Å²) >= 11 is 5.56. The number of halogens is 7. The smallest absolute Gasteiger partial charge is 0.434 e. The van der Waals surface area contributed by atoms with Crippen LogP contribution in [-0.4, -0.2) is 18.5 Å². The van der Waals surface area contributed by atoms with Crippen LogP contribution < -0.4 is 10.5 Å². The maximum absolute atomic E-state index is 12.3. The molecule has 1 aromatic rings. The van der Waals surface area contributed by atoms with E-state index in [2.05, 4.69) is 4.74 Å². The van der Waals surface area contributed by atoms with Gasteiger partial charge in [-0.3, -0.25) is 0 Å². The average molecular weight is 308 g/mol. The molecule has 0 aliphatic rings. The molecule has 1 rings (SSSR count). The lowest BCUT2D eigenvalue weighted by molar-refractivity contribution is -0.300. The van der Waals surface area contributed by atoms with Crippen LogP contribution in [0.15, 0.2) is 18.2 Å². The van der Waals surface area contributed by atoms with E-state index < -0.39 is 24.2 Å². The van der Waals surface area contributed by atoms with Crippen LogP contribution in [-0.2, 0) is 6.54 Å². The number of hydrogen-bond donors (Lipinski definition) is 1. The van der Waals surface area contributed by atoms with Gasteiger partial charge in [0.05, 0.1) is 0 Å². The van der Waals surface area contributed by atoms with Crippen LogP contribution in [0.2, 0.25) is 5.02 Å². The maximum Gasteiger partial charge on any atom is 0.434 e. The Morgan fingerprint density at radius 2 is 1.63 bits per heavy atom. The van der Waals surface area contributed by atoms with E-state index in [1.807, 2.05) is 0 Å². The van der Waals surface area contributed by atoms with Crippen molar-refractivity contribution in [1.29, 1.82) is 0 Å². The summed E-state index contributed by atoms with van der Waals surface area (Å²) in [6, 6.07) is 3.16. The van der Waals surface area contributed by atoms with Crippen LogP contribution in [0.5, 0.6) is 5.75 Å². The Kier molecular flexibility index (Phi) is 4.57. The minimum atomic E-state index is -5.58. The second-order valence-electron chi connectivity index (χ2n) is 3.54. The van der Waals surface area contributed by atoms with Crippen molar-refractivity contribution in [3.05, 3.63) is 28.8 Å². The van der Waals surface area contributed by atoms with Crippen molar-refractivity contribution in [2.75, 3.05) is 0 Å². The van der Waals surface area contributed by atoms with Crippen LogP contribution in [0.3, 0.4) is 0 Å². The summed E-state index contributed by atoms with van der Waals surface area (Å²) in [4.78, 5) is 0. The van der Waals surface area contributed by atoms with Gasteiger partial charge in [0.2, 0.25) is 0 Å². The van der Waals surface area contributed by atoms with Crippen molar-refractivity contribution in [3.63, 3.8) is 0 Å². The molecule has 0 atom stereocenters. The van der Waals surface area contributed by atoms with Crippen molar-refractivity contribution in [2.45, 2.75) is 25.0 Å². The summed E-state index contributed by atoms with van der Waals surface area (Å²) in [6.07, 6.45) is -15.1. The highest BCUT2D eigenvalue weighted by atomic mass is 35.5. The molecule has 0 fully saturated rings.